The van der Waals surface area contributed by atoms with Gasteiger partial charge in [0, 0.05) is 0 Å². The fourth-order valence-corrected chi connectivity index (χ4v) is 4.52. The second-order valence-electron chi connectivity index (χ2n) is 7.57. The molecule has 0 spiro atoms. The van der Waals surface area contributed by atoms with Gasteiger partial charge in [0.15, 0.2) is 6.10 Å². The van der Waals surface area contributed by atoms with Crippen LogP contribution in [-0.4, -0.2) is 40.3 Å². The number of fused-ring (bicyclic) bond motifs is 1. The van der Waals surface area contributed by atoms with E-state index in [2.05, 4.69) is 5.32 Å². The van der Waals surface area contributed by atoms with Crippen LogP contribution < -0.4 is 19.1 Å². The number of amides is 1. The van der Waals surface area contributed by atoms with Gasteiger partial charge in [0.2, 0.25) is 10.0 Å². The number of aryl methyl sites for hydroxylation is 2. The summed E-state index contributed by atoms with van der Waals surface area (Å²) in [5.41, 5.74) is 3.30. The van der Waals surface area contributed by atoms with E-state index in [0.29, 0.717) is 17.9 Å². The van der Waals surface area contributed by atoms with Gasteiger partial charge in [-0.2, -0.15) is 0 Å². The molecule has 3 rings (SSSR count). The van der Waals surface area contributed by atoms with E-state index in [4.69, 9.17) is 9.47 Å². The summed E-state index contributed by atoms with van der Waals surface area (Å²) in [5.74, 6) is 0.812. The Balaban J connectivity index is 1.84. The van der Waals surface area contributed by atoms with Crippen molar-refractivity contribution in [2.24, 2.45) is 0 Å². The Labute approximate surface area is 178 Å². The number of rotatable bonds is 6. The molecular weight excluding hydrogens is 404 g/mol. The van der Waals surface area contributed by atoms with E-state index < -0.39 is 16.1 Å². The summed E-state index contributed by atoms with van der Waals surface area (Å²) in [4.78, 5) is 13.0. The zero-order chi connectivity index (χ0) is 22.1. The third-order valence-electron chi connectivity index (χ3n) is 5.22. The van der Waals surface area contributed by atoms with Crippen LogP contribution in [-0.2, 0) is 14.8 Å². The van der Waals surface area contributed by atoms with Crippen molar-refractivity contribution >= 4 is 21.6 Å². The number of ether oxygens (including phenoxy) is 2. The largest absolute Gasteiger partial charge is 0.496 e. The second kappa shape index (κ2) is 8.55. The van der Waals surface area contributed by atoms with E-state index in [0.717, 1.165) is 28.7 Å². The first-order chi connectivity index (χ1) is 14.1. The summed E-state index contributed by atoms with van der Waals surface area (Å²) in [6, 6.07) is 10.8. The van der Waals surface area contributed by atoms with Gasteiger partial charge < -0.3 is 14.8 Å². The highest BCUT2D eigenvalue weighted by Gasteiger charge is 2.35. The molecule has 2 aromatic rings. The van der Waals surface area contributed by atoms with Gasteiger partial charge in [-0.25, -0.2) is 8.42 Å². The standard InChI is InChI=1S/C22H28N2O5S/c1-6-17(16-8-10-19(28-4)15(3)12-16)23-22(25)21-13-24(30(5,26)27)18-11-14(2)7-9-20(18)29-21/h7-12,17,21H,6,13H2,1-5H3,(H,23,25). The summed E-state index contributed by atoms with van der Waals surface area (Å²) in [5, 5.41) is 3.01. The molecule has 2 atom stereocenters. The van der Waals surface area contributed by atoms with Gasteiger partial charge in [0.1, 0.15) is 11.5 Å². The van der Waals surface area contributed by atoms with Crippen molar-refractivity contribution in [3.05, 3.63) is 53.1 Å². The van der Waals surface area contributed by atoms with E-state index >= 15 is 0 Å². The zero-order valence-electron chi connectivity index (χ0n) is 17.9. The molecule has 1 N–H and O–H groups in total. The highest BCUT2D eigenvalue weighted by molar-refractivity contribution is 7.92. The number of hydrogen-bond donors (Lipinski definition) is 1. The normalized spacial score (nSPS) is 17.0. The number of nitrogens with one attached hydrogen (secondary N) is 1. The van der Waals surface area contributed by atoms with Crippen molar-refractivity contribution < 1.29 is 22.7 Å². The third-order valence-corrected chi connectivity index (χ3v) is 6.37. The van der Waals surface area contributed by atoms with Gasteiger partial charge in [-0.05, 0) is 55.2 Å². The number of anilines is 1. The lowest BCUT2D eigenvalue weighted by molar-refractivity contribution is -0.128. The van der Waals surface area contributed by atoms with Gasteiger partial charge in [-0.1, -0.05) is 25.1 Å². The lowest BCUT2D eigenvalue weighted by atomic mass is 10.0. The van der Waals surface area contributed by atoms with Gasteiger partial charge in [-0.3, -0.25) is 9.10 Å². The Morgan fingerprint density at radius 3 is 2.60 bits per heavy atom. The number of methoxy groups -OCH3 is 1. The molecule has 30 heavy (non-hydrogen) atoms. The Kier molecular flexibility index (Phi) is 6.26. The smallest absolute Gasteiger partial charge is 0.263 e. The van der Waals surface area contributed by atoms with Crippen molar-refractivity contribution in [1.29, 1.82) is 0 Å². The van der Waals surface area contributed by atoms with Crippen LogP contribution >= 0.6 is 0 Å². The Morgan fingerprint density at radius 2 is 2.00 bits per heavy atom. The van der Waals surface area contributed by atoms with Crippen LogP contribution in [0.1, 0.15) is 36.1 Å². The summed E-state index contributed by atoms with van der Waals surface area (Å²) >= 11 is 0. The van der Waals surface area contributed by atoms with Crippen molar-refractivity contribution in [3.63, 3.8) is 0 Å². The summed E-state index contributed by atoms with van der Waals surface area (Å²) in [7, 11) is -1.94. The molecule has 0 saturated heterocycles. The molecule has 1 amide bonds. The SMILES string of the molecule is CCC(NC(=O)C1CN(S(C)(=O)=O)c2cc(C)ccc2O1)c1ccc(OC)c(C)c1. The predicted molar refractivity (Wildman–Crippen MR) is 117 cm³/mol. The van der Waals surface area contributed by atoms with Crippen molar-refractivity contribution in [1.82, 2.24) is 5.32 Å². The first-order valence-electron chi connectivity index (χ1n) is 9.84. The van der Waals surface area contributed by atoms with Crippen LogP contribution in [0.2, 0.25) is 0 Å². The minimum atomic E-state index is -3.56. The molecule has 7 nitrogen and oxygen atoms in total. The number of sulfonamides is 1. The zero-order valence-corrected chi connectivity index (χ0v) is 18.7. The van der Waals surface area contributed by atoms with E-state index in [-0.39, 0.29) is 18.5 Å². The van der Waals surface area contributed by atoms with Crippen LogP contribution in [0, 0.1) is 13.8 Å². The van der Waals surface area contributed by atoms with Crippen LogP contribution in [0.15, 0.2) is 36.4 Å². The predicted octanol–water partition coefficient (Wildman–Crippen LogP) is 3.11. The maximum atomic E-state index is 13.0. The Bertz CT molecular complexity index is 1050. The summed E-state index contributed by atoms with van der Waals surface area (Å²) in [6.45, 7) is 5.73. The highest BCUT2D eigenvalue weighted by atomic mass is 32.2. The molecule has 0 radical (unpaired) electrons. The molecule has 1 aliphatic heterocycles. The first kappa shape index (κ1) is 22.0. The average Bonchev–Trinajstić information content (AvgIpc) is 2.70. The van der Waals surface area contributed by atoms with Gasteiger partial charge in [0.25, 0.3) is 5.91 Å². The van der Waals surface area contributed by atoms with E-state index in [1.165, 1.54) is 4.31 Å². The number of benzene rings is 2. The Hall–Kier alpha value is -2.74. The van der Waals surface area contributed by atoms with Gasteiger partial charge >= 0.3 is 0 Å². The molecule has 0 fully saturated rings. The van der Waals surface area contributed by atoms with Crippen molar-refractivity contribution in [2.75, 3.05) is 24.2 Å². The monoisotopic (exact) mass is 432 g/mol. The lowest BCUT2D eigenvalue weighted by Crippen LogP contribution is -2.51. The fraction of sp³-hybridized carbons (Fsp3) is 0.409. The van der Waals surface area contributed by atoms with Crippen molar-refractivity contribution in [2.45, 2.75) is 39.3 Å². The lowest BCUT2D eigenvalue weighted by Gasteiger charge is -2.34. The number of nitrogens with zero attached hydrogens (tertiary/aromatic N) is 1. The summed E-state index contributed by atoms with van der Waals surface area (Å²) in [6.07, 6.45) is 0.868. The first-order valence-corrected chi connectivity index (χ1v) is 11.7. The van der Waals surface area contributed by atoms with E-state index in [1.807, 2.05) is 45.0 Å². The third kappa shape index (κ3) is 4.53. The molecule has 0 saturated carbocycles. The number of carbonyl (C=O) groups is 1. The average molecular weight is 433 g/mol. The minimum Gasteiger partial charge on any atom is -0.496 e. The van der Waals surface area contributed by atoms with Crippen LogP contribution in [0.4, 0.5) is 5.69 Å². The molecule has 162 valence electrons. The van der Waals surface area contributed by atoms with Crippen LogP contribution in [0.5, 0.6) is 11.5 Å². The highest BCUT2D eigenvalue weighted by Crippen LogP contribution is 2.36. The molecule has 1 heterocycles. The van der Waals surface area contributed by atoms with Gasteiger partial charge in [-0.15, -0.1) is 0 Å². The molecule has 0 aliphatic carbocycles. The molecular formula is C22H28N2O5S. The van der Waals surface area contributed by atoms with E-state index in [1.54, 1.807) is 19.2 Å². The molecule has 0 bridgehead atoms. The van der Waals surface area contributed by atoms with Crippen LogP contribution in [0.3, 0.4) is 0 Å². The van der Waals surface area contributed by atoms with Gasteiger partial charge in [0.05, 0.1) is 31.6 Å². The van der Waals surface area contributed by atoms with Crippen molar-refractivity contribution in [3.8, 4) is 11.5 Å². The number of hydrogen-bond acceptors (Lipinski definition) is 5. The molecule has 1 aliphatic rings. The van der Waals surface area contributed by atoms with E-state index in [9.17, 15) is 13.2 Å². The number of carbonyl (C=O) groups excluding carboxylic acids is 1. The Morgan fingerprint density at radius 1 is 1.27 bits per heavy atom. The maximum absolute atomic E-state index is 13.0. The minimum absolute atomic E-state index is 0.0702. The maximum Gasteiger partial charge on any atom is 0.263 e. The molecule has 2 aromatic carbocycles. The molecule has 8 heteroatoms. The second-order valence-corrected chi connectivity index (χ2v) is 9.48. The molecule has 2 unspecified atom stereocenters. The topological polar surface area (TPSA) is 84.9 Å². The summed E-state index contributed by atoms with van der Waals surface area (Å²) < 4.78 is 37.1. The fourth-order valence-electron chi connectivity index (χ4n) is 3.62. The van der Waals surface area contributed by atoms with Crippen LogP contribution in [0.25, 0.3) is 0 Å². The molecule has 0 aromatic heterocycles. The quantitative estimate of drug-likeness (QED) is 0.758.